The molecule has 0 saturated heterocycles. The van der Waals surface area contributed by atoms with Gasteiger partial charge in [-0.1, -0.05) is 30.9 Å². The molecule has 1 heterocycles. The van der Waals surface area contributed by atoms with E-state index in [2.05, 4.69) is 11.6 Å². The van der Waals surface area contributed by atoms with Crippen molar-refractivity contribution >= 4 is 34.9 Å². The first kappa shape index (κ1) is 20.4. The van der Waals surface area contributed by atoms with Crippen molar-refractivity contribution in [3.63, 3.8) is 0 Å². The Morgan fingerprint density at radius 1 is 1.04 bits per heavy atom. The van der Waals surface area contributed by atoms with Crippen molar-refractivity contribution in [2.24, 2.45) is 0 Å². The zero-order chi connectivity index (χ0) is 20.4. The van der Waals surface area contributed by atoms with Crippen LogP contribution in [0.3, 0.4) is 0 Å². The van der Waals surface area contributed by atoms with E-state index in [0.29, 0.717) is 0 Å². The summed E-state index contributed by atoms with van der Waals surface area (Å²) in [6.45, 7) is 14.1. The monoisotopic (exact) mass is 370 g/mol. The van der Waals surface area contributed by atoms with Crippen molar-refractivity contribution in [1.82, 2.24) is 4.98 Å². The van der Waals surface area contributed by atoms with Crippen molar-refractivity contribution in [3.05, 3.63) is 42.6 Å². The molecule has 0 saturated carbocycles. The molecule has 0 aliphatic heterocycles. The van der Waals surface area contributed by atoms with Gasteiger partial charge in [0.05, 0.1) is 0 Å². The highest BCUT2D eigenvalue weighted by molar-refractivity contribution is 6.10. The lowest BCUT2D eigenvalue weighted by molar-refractivity contribution is 0.0429. The number of imide groups is 1. The highest BCUT2D eigenvalue weighted by Gasteiger charge is 2.33. The third-order valence-corrected chi connectivity index (χ3v) is 3.38. The first-order chi connectivity index (χ1) is 12.4. The highest BCUT2D eigenvalue weighted by Crippen LogP contribution is 2.26. The van der Waals surface area contributed by atoms with E-state index in [1.807, 2.05) is 18.2 Å². The molecule has 0 fully saturated rings. The fourth-order valence-electron chi connectivity index (χ4n) is 2.36. The standard InChI is InChI=1S/C21H26N2O4/c1-8-14-10-9-11-15-13-22-17(12-16(14)15)23(18(24)26-20(2,3)4)19(25)27-21(5,6)7/h8-13H,1H2,2-7H3. The van der Waals surface area contributed by atoms with E-state index in [9.17, 15) is 9.59 Å². The maximum absolute atomic E-state index is 12.7. The minimum atomic E-state index is -0.848. The number of ether oxygens (including phenoxy) is 2. The molecule has 1 aromatic heterocycles. The molecule has 0 aliphatic carbocycles. The lowest BCUT2D eigenvalue weighted by Crippen LogP contribution is -2.44. The number of nitrogens with zero attached hydrogens (tertiary/aromatic N) is 2. The van der Waals surface area contributed by atoms with Gasteiger partial charge in [-0.05, 0) is 58.6 Å². The number of benzene rings is 1. The second-order valence-corrected chi connectivity index (χ2v) is 8.11. The van der Waals surface area contributed by atoms with Gasteiger partial charge >= 0.3 is 12.2 Å². The molecule has 6 heteroatoms. The SMILES string of the molecule is C=Cc1cccc2cnc(N(C(=O)OC(C)(C)C)C(=O)OC(C)(C)C)cc12. The van der Waals surface area contributed by atoms with Crippen LogP contribution in [0.5, 0.6) is 0 Å². The smallest absolute Gasteiger partial charge is 0.425 e. The zero-order valence-electron chi connectivity index (χ0n) is 16.7. The minimum absolute atomic E-state index is 0.125. The van der Waals surface area contributed by atoms with E-state index in [1.54, 1.807) is 59.9 Å². The Bertz CT molecular complexity index is 848. The predicted molar refractivity (Wildman–Crippen MR) is 107 cm³/mol. The summed E-state index contributed by atoms with van der Waals surface area (Å²) in [5.41, 5.74) is -0.689. The summed E-state index contributed by atoms with van der Waals surface area (Å²) in [5, 5.41) is 1.68. The van der Waals surface area contributed by atoms with E-state index >= 15 is 0 Å². The van der Waals surface area contributed by atoms with Gasteiger partial charge in [-0.15, -0.1) is 0 Å². The third kappa shape index (κ3) is 5.29. The fraction of sp³-hybridized carbons (Fsp3) is 0.381. The zero-order valence-corrected chi connectivity index (χ0v) is 16.7. The molecule has 2 amide bonds. The summed E-state index contributed by atoms with van der Waals surface area (Å²) in [5.74, 6) is 0.125. The molecule has 0 unspecified atom stereocenters. The van der Waals surface area contributed by atoms with Gasteiger partial charge < -0.3 is 9.47 Å². The van der Waals surface area contributed by atoms with Crippen molar-refractivity contribution in [2.75, 3.05) is 4.90 Å². The molecule has 0 spiro atoms. The van der Waals surface area contributed by atoms with Crippen LogP contribution in [-0.2, 0) is 9.47 Å². The molecule has 2 aromatic rings. The number of rotatable bonds is 2. The van der Waals surface area contributed by atoms with Crippen molar-refractivity contribution < 1.29 is 19.1 Å². The number of amides is 2. The Labute approximate surface area is 159 Å². The van der Waals surface area contributed by atoms with Gasteiger partial charge in [0, 0.05) is 11.6 Å². The van der Waals surface area contributed by atoms with Crippen molar-refractivity contribution in [2.45, 2.75) is 52.7 Å². The topological polar surface area (TPSA) is 68.7 Å². The Morgan fingerprint density at radius 2 is 1.59 bits per heavy atom. The Kier molecular flexibility index (Phi) is 5.59. The fourth-order valence-corrected chi connectivity index (χ4v) is 2.36. The first-order valence-corrected chi connectivity index (χ1v) is 8.68. The number of hydrogen-bond donors (Lipinski definition) is 0. The number of hydrogen-bond acceptors (Lipinski definition) is 5. The van der Waals surface area contributed by atoms with E-state index in [-0.39, 0.29) is 5.82 Å². The van der Waals surface area contributed by atoms with Crippen molar-refractivity contribution in [1.29, 1.82) is 0 Å². The largest absolute Gasteiger partial charge is 0.443 e. The van der Waals surface area contributed by atoms with Crippen LogP contribution in [0, 0.1) is 0 Å². The highest BCUT2D eigenvalue weighted by atomic mass is 16.6. The molecule has 0 aliphatic rings. The van der Waals surface area contributed by atoms with Gasteiger partial charge in [0.2, 0.25) is 0 Å². The van der Waals surface area contributed by atoms with Gasteiger partial charge in [0.15, 0.2) is 0 Å². The summed E-state index contributed by atoms with van der Waals surface area (Å²) < 4.78 is 10.8. The summed E-state index contributed by atoms with van der Waals surface area (Å²) >= 11 is 0. The van der Waals surface area contributed by atoms with Crippen LogP contribution in [0.2, 0.25) is 0 Å². The Morgan fingerprint density at radius 3 is 2.07 bits per heavy atom. The van der Waals surface area contributed by atoms with Crippen LogP contribution >= 0.6 is 0 Å². The molecule has 0 N–H and O–H groups in total. The number of carbonyl (C=O) groups excluding carboxylic acids is 2. The summed E-state index contributed by atoms with van der Waals surface area (Å²) in [4.78, 5) is 30.5. The van der Waals surface area contributed by atoms with Gasteiger partial charge in [-0.3, -0.25) is 0 Å². The van der Waals surface area contributed by atoms with Crippen LogP contribution in [0.1, 0.15) is 47.1 Å². The molecule has 0 atom stereocenters. The van der Waals surface area contributed by atoms with Gasteiger partial charge in [0.25, 0.3) is 0 Å². The molecule has 27 heavy (non-hydrogen) atoms. The average Bonchev–Trinajstić information content (AvgIpc) is 2.50. The minimum Gasteiger partial charge on any atom is -0.443 e. The predicted octanol–water partition coefficient (Wildman–Crippen LogP) is 5.55. The van der Waals surface area contributed by atoms with Crippen LogP contribution in [0.15, 0.2) is 37.0 Å². The molecular weight excluding hydrogens is 344 g/mol. The summed E-state index contributed by atoms with van der Waals surface area (Å²) in [7, 11) is 0. The van der Waals surface area contributed by atoms with Crippen LogP contribution < -0.4 is 4.90 Å². The number of anilines is 1. The van der Waals surface area contributed by atoms with E-state index in [4.69, 9.17) is 9.47 Å². The molecule has 0 bridgehead atoms. The number of carbonyl (C=O) groups is 2. The number of aromatic nitrogens is 1. The second kappa shape index (κ2) is 7.39. The maximum Gasteiger partial charge on any atom is 0.425 e. The Hall–Kier alpha value is -2.89. The molecular formula is C21H26N2O4. The van der Waals surface area contributed by atoms with Crippen LogP contribution in [-0.4, -0.2) is 28.4 Å². The normalized spacial score (nSPS) is 11.8. The van der Waals surface area contributed by atoms with Gasteiger partial charge in [-0.25, -0.2) is 14.6 Å². The Balaban J connectivity index is 2.55. The molecule has 1 aromatic carbocycles. The lowest BCUT2D eigenvalue weighted by atomic mass is 10.1. The first-order valence-electron chi connectivity index (χ1n) is 8.68. The summed E-state index contributed by atoms with van der Waals surface area (Å²) in [6.07, 6.45) is 1.61. The maximum atomic E-state index is 12.7. The second-order valence-electron chi connectivity index (χ2n) is 8.11. The third-order valence-electron chi connectivity index (χ3n) is 3.38. The van der Waals surface area contributed by atoms with E-state index in [1.165, 1.54) is 0 Å². The van der Waals surface area contributed by atoms with Crippen LogP contribution in [0.25, 0.3) is 16.8 Å². The molecule has 144 valence electrons. The van der Waals surface area contributed by atoms with E-state index < -0.39 is 23.4 Å². The van der Waals surface area contributed by atoms with Gasteiger partial charge in [0.1, 0.15) is 17.0 Å². The molecule has 2 rings (SSSR count). The van der Waals surface area contributed by atoms with Crippen molar-refractivity contribution in [3.8, 4) is 0 Å². The summed E-state index contributed by atoms with van der Waals surface area (Å²) in [6, 6.07) is 7.33. The lowest BCUT2D eigenvalue weighted by Gasteiger charge is -2.28. The number of pyridine rings is 1. The molecule has 6 nitrogen and oxygen atoms in total. The van der Waals surface area contributed by atoms with Crippen LogP contribution in [0.4, 0.5) is 15.4 Å². The van der Waals surface area contributed by atoms with Gasteiger partial charge in [-0.2, -0.15) is 4.90 Å². The molecule has 0 radical (unpaired) electrons. The quantitative estimate of drug-likeness (QED) is 0.693. The average molecular weight is 370 g/mol. The number of fused-ring (bicyclic) bond motifs is 1. The van der Waals surface area contributed by atoms with E-state index in [0.717, 1.165) is 21.2 Å².